The fourth-order valence-electron chi connectivity index (χ4n) is 1.11. The summed E-state index contributed by atoms with van der Waals surface area (Å²) < 4.78 is 0. The van der Waals surface area contributed by atoms with Crippen LogP contribution in [0.5, 0.6) is 0 Å². The Labute approximate surface area is 105 Å². The van der Waals surface area contributed by atoms with Crippen molar-refractivity contribution in [1.82, 2.24) is 9.88 Å². The predicted octanol–water partition coefficient (Wildman–Crippen LogP) is 0.974. The number of aliphatic carboxylic acids is 1. The first-order chi connectivity index (χ1) is 8.43. The van der Waals surface area contributed by atoms with Crippen LogP contribution >= 0.6 is 0 Å². The van der Waals surface area contributed by atoms with Crippen LogP contribution in [0.4, 0.5) is 10.5 Å². The molecule has 0 aliphatic heterocycles. The number of hydrogen-bond acceptors (Lipinski definition) is 5. The molecule has 1 rings (SSSR count). The van der Waals surface area contributed by atoms with Gasteiger partial charge in [-0.3, -0.25) is 4.98 Å². The van der Waals surface area contributed by atoms with E-state index in [9.17, 15) is 9.59 Å². The topological polar surface area (TPSA) is 83.0 Å². The molecule has 0 saturated carbocycles. The maximum Gasteiger partial charge on any atom is 0.433 e. The molecule has 1 amide bonds. The number of nitrogens with zero attached hydrogens (tertiary/aromatic N) is 3. The molecule has 1 unspecified atom stereocenters. The lowest BCUT2D eigenvalue weighted by Crippen LogP contribution is -2.43. The van der Waals surface area contributed by atoms with Crippen LogP contribution in [0.25, 0.3) is 0 Å². The Morgan fingerprint density at radius 2 is 2.11 bits per heavy atom. The highest BCUT2D eigenvalue weighted by molar-refractivity contribution is 5.78. The molecule has 7 heteroatoms. The summed E-state index contributed by atoms with van der Waals surface area (Å²) in [6.07, 6.45) is 2.30. The summed E-state index contributed by atoms with van der Waals surface area (Å²) in [4.78, 5) is 32.6. The van der Waals surface area contributed by atoms with E-state index >= 15 is 0 Å². The zero-order valence-corrected chi connectivity index (χ0v) is 10.4. The van der Waals surface area contributed by atoms with Crippen molar-refractivity contribution in [2.45, 2.75) is 13.0 Å². The van der Waals surface area contributed by atoms with Crippen LogP contribution in [0.15, 0.2) is 24.5 Å². The van der Waals surface area contributed by atoms with Crippen molar-refractivity contribution in [2.75, 3.05) is 19.2 Å². The number of anilines is 1. The third kappa shape index (κ3) is 3.34. The summed E-state index contributed by atoms with van der Waals surface area (Å²) in [5, 5.41) is 10.0. The highest BCUT2D eigenvalue weighted by atomic mass is 16.7. The van der Waals surface area contributed by atoms with Crippen LogP contribution in [0.3, 0.4) is 0 Å². The van der Waals surface area contributed by atoms with Gasteiger partial charge in [0.2, 0.25) is 0 Å². The molecule has 1 heterocycles. The Hall–Kier alpha value is -2.31. The van der Waals surface area contributed by atoms with Crippen molar-refractivity contribution in [3.8, 4) is 0 Å². The lowest BCUT2D eigenvalue weighted by Gasteiger charge is -2.27. The minimum Gasteiger partial charge on any atom is -0.480 e. The average molecular weight is 253 g/mol. The van der Waals surface area contributed by atoms with Gasteiger partial charge in [0.05, 0.1) is 11.9 Å². The Bertz CT molecular complexity index is 422. The Morgan fingerprint density at radius 3 is 2.56 bits per heavy atom. The summed E-state index contributed by atoms with van der Waals surface area (Å²) in [6, 6.07) is 2.22. The lowest BCUT2D eigenvalue weighted by atomic mass is 10.3. The summed E-state index contributed by atoms with van der Waals surface area (Å²) in [7, 11) is 3.02. The second-order valence-corrected chi connectivity index (χ2v) is 3.80. The van der Waals surface area contributed by atoms with E-state index in [2.05, 4.69) is 4.98 Å². The largest absolute Gasteiger partial charge is 0.480 e. The second kappa shape index (κ2) is 5.85. The van der Waals surface area contributed by atoms with Gasteiger partial charge in [-0.25, -0.2) is 9.59 Å². The Balaban J connectivity index is 2.96. The van der Waals surface area contributed by atoms with E-state index in [1.54, 1.807) is 18.3 Å². The first-order valence-electron chi connectivity index (χ1n) is 5.24. The fraction of sp³-hybridized carbons (Fsp3) is 0.364. The molecule has 0 radical (unpaired) electrons. The van der Waals surface area contributed by atoms with Gasteiger partial charge in [0, 0.05) is 20.3 Å². The highest BCUT2D eigenvalue weighted by Gasteiger charge is 2.26. The van der Waals surface area contributed by atoms with Crippen molar-refractivity contribution >= 4 is 17.7 Å². The molecule has 98 valence electrons. The molecule has 1 atom stereocenters. The molecule has 0 fully saturated rings. The lowest BCUT2D eigenvalue weighted by molar-refractivity contribution is -0.139. The molecule has 7 nitrogen and oxygen atoms in total. The van der Waals surface area contributed by atoms with Gasteiger partial charge in [0.25, 0.3) is 0 Å². The third-order valence-corrected chi connectivity index (χ3v) is 2.15. The Kier molecular flexibility index (Phi) is 4.47. The van der Waals surface area contributed by atoms with E-state index in [0.29, 0.717) is 5.69 Å². The molecule has 1 aromatic rings. The van der Waals surface area contributed by atoms with Gasteiger partial charge < -0.3 is 14.8 Å². The molecule has 18 heavy (non-hydrogen) atoms. The van der Waals surface area contributed by atoms with Crippen LogP contribution in [-0.2, 0) is 9.63 Å². The molecular formula is C11H15N3O4. The van der Waals surface area contributed by atoms with Crippen molar-refractivity contribution in [3.63, 3.8) is 0 Å². The van der Waals surface area contributed by atoms with E-state index in [0.717, 1.165) is 5.06 Å². The maximum absolute atomic E-state index is 11.5. The van der Waals surface area contributed by atoms with Crippen LogP contribution in [0, 0.1) is 0 Å². The number of pyridine rings is 1. The molecule has 0 spiro atoms. The number of carboxylic acids is 1. The van der Waals surface area contributed by atoms with E-state index in [1.165, 1.54) is 32.1 Å². The molecule has 0 aromatic carbocycles. The normalized spacial score (nSPS) is 11.5. The van der Waals surface area contributed by atoms with Gasteiger partial charge in [-0.2, -0.15) is 5.06 Å². The van der Waals surface area contributed by atoms with Crippen molar-refractivity contribution < 1.29 is 19.5 Å². The van der Waals surface area contributed by atoms with Gasteiger partial charge in [-0.1, -0.05) is 0 Å². The average Bonchev–Trinajstić information content (AvgIpc) is 2.35. The molecule has 0 aliphatic carbocycles. The van der Waals surface area contributed by atoms with E-state index in [1.807, 2.05) is 0 Å². The number of carbonyl (C=O) groups is 2. The second-order valence-electron chi connectivity index (χ2n) is 3.80. The Morgan fingerprint density at radius 1 is 1.44 bits per heavy atom. The van der Waals surface area contributed by atoms with Gasteiger partial charge in [-0.05, 0) is 19.1 Å². The quantitative estimate of drug-likeness (QED) is 0.805. The van der Waals surface area contributed by atoms with Crippen molar-refractivity contribution in [2.24, 2.45) is 0 Å². The van der Waals surface area contributed by atoms with Crippen LogP contribution < -0.4 is 5.06 Å². The maximum atomic E-state index is 11.5. The molecule has 1 aromatic heterocycles. The van der Waals surface area contributed by atoms with Crippen molar-refractivity contribution in [1.29, 1.82) is 0 Å². The molecule has 0 bridgehead atoms. The summed E-state index contributed by atoms with van der Waals surface area (Å²) in [6.45, 7) is 1.41. The smallest absolute Gasteiger partial charge is 0.433 e. The first-order valence-corrected chi connectivity index (χ1v) is 5.24. The van der Waals surface area contributed by atoms with E-state index in [-0.39, 0.29) is 0 Å². The fourth-order valence-corrected chi connectivity index (χ4v) is 1.11. The van der Waals surface area contributed by atoms with Gasteiger partial charge in [0.15, 0.2) is 6.04 Å². The van der Waals surface area contributed by atoms with Crippen LogP contribution in [-0.4, -0.2) is 47.2 Å². The number of amides is 1. The number of aromatic nitrogens is 1. The SMILES string of the molecule is CC(C(=O)O)N(OC(=O)N(C)C)c1cccnc1. The molecule has 1 N–H and O–H groups in total. The van der Waals surface area contributed by atoms with Gasteiger partial charge in [0.1, 0.15) is 0 Å². The first kappa shape index (κ1) is 13.8. The highest BCUT2D eigenvalue weighted by Crippen LogP contribution is 2.16. The predicted molar refractivity (Wildman–Crippen MR) is 64.0 cm³/mol. The number of rotatable bonds is 4. The number of hydrogen-bond donors (Lipinski definition) is 1. The monoisotopic (exact) mass is 253 g/mol. The standard InChI is InChI=1S/C11H15N3O4/c1-8(10(15)16)14(18-11(17)13(2)3)9-5-4-6-12-7-9/h4-8H,1-3H3,(H,15,16). The summed E-state index contributed by atoms with van der Waals surface area (Å²) in [5.41, 5.74) is 0.391. The van der Waals surface area contributed by atoms with Gasteiger partial charge in [-0.15, -0.1) is 0 Å². The van der Waals surface area contributed by atoms with E-state index in [4.69, 9.17) is 9.94 Å². The minimum absolute atomic E-state index is 0.391. The zero-order chi connectivity index (χ0) is 13.7. The van der Waals surface area contributed by atoms with Crippen LogP contribution in [0.2, 0.25) is 0 Å². The summed E-state index contributed by atoms with van der Waals surface area (Å²) >= 11 is 0. The number of carboxylic acid groups (broad SMARTS) is 1. The van der Waals surface area contributed by atoms with Gasteiger partial charge >= 0.3 is 12.1 Å². The molecular weight excluding hydrogens is 238 g/mol. The third-order valence-electron chi connectivity index (χ3n) is 2.15. The van der Waals surface area contributed by atoms with Crippen molar-refractivity contribution in [3.05, 3.63) is 24.5 Å². The minimum atomic E-state index is -1.11. The summed E-state index contributed by atoms with van der Waals surface area (Å²) in [5.74, 6) is -1.11. The molecule has 0 saturated heterocycles. The van der Waals surface area contributed by atoms with Crippen LogP contribution in [0.1, 0.15) is 6.92 Å². The zero-order valence-electron chi connectivity index (χ0n) is 10.4. The van der Waals surface area contributed by atoms with E-state index < -0.39 is 18.1 Å². The number of carbonyl (C=O) groups excluding carboxylic acids is 1. The number of hydroxylamine groups is 1. The molecule has 0 aliphatic rings.